The van der Waals surface area contributed by atoms with E-state index < -0.39 is 0 Å². The molecule has 0 radical (unpaired) electrons. The second kappa shape index (κ2) is 3.37. The minimum Gasteiger partial charge on any atom is -0.0620 e. The summed E-state index contributed by atoms with van der Waals surface area (Å²) in [5.41, 5.74) is 3.80. The third-order valence-electron chi connectivity index (χ3n) is 4.75. The maximum Gasteiger partial charge on any atom is -0.00411 e. The molecule has 1 aromatic carbocycles. The summed E-state index contributed by atoms with van der Waals surface area (Å²) in [7, 11) is 0. The number of hydrogen-bond donors (Lipinski definition) is 0. The fourth-order valence-electron chi connectivity index (χ4n) is 3.79. The van der Waals surface area contributed by atoms with Crippen LogP contribution in [0.1, 0.15) is 50.2 Å². The first-order valence-corrected chi connectivity index (χ1v) is 6.39. The van der Waals surface area contributed by atoms with E-state index in [1.54, 1.807) is 11.1 Å². The number of benzene rings is 1. The summed E-state index contributed by atoms with van der Waals surface area (Å²) in [6.45, 7) is 2.51. The summed E-state index contributed by atoms with van der Waals surface area (Å²) < 4.78 is 0. The molecule has 0 unspecified atom stereocenters. The predicted octanol–water partition coefficient (Wildman–Crippen LogP) is 4.08. The Kier molecular flexibility index (Phi) is 2.12. The van der Waals surface area contributed by atoms with Crippen molar-refractivity contribution in [2.75, 3.05) is 0 Å². The van der Waals surface area contributed by atoms with E-state index >= 15 is 0 Å². The van der Waals surface area contributed by atoms with Crippen LogP contribution in [0.4, 0.5) is 0 Å². The molecule has 80 valence electrons. The first-order valence-electron chi connectivity index (χ1n) is 6.39. The maximum absolute atomic E-state index is 2.51. The zero-order chi connectivity index (χ0) is 10.3. The Morgan fingerprint density at radius 1 is 1.13 bits per heavy atom. The lowest BCUT2D eigenvalue weighted by molar-refractivity contribution is 0.301. The minimum atomic E-state index is 0.507. The molecule has 15 heavy (non-hydrogen) atoms. The lowest BCUT2D eigenvalue weighted by Crippen LogP contribution is -2.26. The lowest BCUT2D eigenvalue weighted by atomic mass is 9.73. The van der Waals surface area contributed by atoms with Crippen LogP contribution in [0.15, 0.2) is 24.3 Å². The summed E-state index contributed by atoms with van der Waals surface area (Å²) >= 11 is 0. The Morgan fingerprint density at radius 3 is 2.93 bits per heavy atom. The van der Waals surface area contributed by atoms with Gasteiger partial charge in [0.15, 0.2) is 0 Å². The third kappa shape index (κ3) is 1.34. The van der Waals surface area contributed by atoms with Crippen LogP contribution in [0.25, 0.3) is 0 Å². The second-order valence-electron chi connectivity index (χ2n) is 5.57. The van der Waals surface area contributed by atoms with E-state index in [0.717, 1.165) is 5.92 Å². The van der Waals surface area contributed by atoms with Crippen molar-refractivity contribution in [3.05, 3.63) is 35.4 Å². The molecule has 0 spiro atoms. The average Bonchev–Trinajstić information content (AvgIpc) is 2.41. The van der Waals surface area contributed by atoms with Crippen LogP contribution in [0.3, 0.4) is 0 Å². The molecular formula is C15H20. The van der Waals surface area contributed by atoms with E-state index in [1.165, 1.54) is 38.5 Å². The lowest BCUT2D eigenvalue weighted by Gasteiger charge is -2.31. The van der Waals surface area contributed by atoms with Gasteiger partial charge in [-0.3, -0.25) is 0 Å². The molecule has 0 N–H and O–H groups in total. The van der Waals surface area contributed by atoms with Gasteiger partial charge in [0.05, 0.1) is 0 Å². The Hall–Kier alpha value is -0.780. The number of rotatable bonds is 0. The van der Waals surface area contributed by atoms with Gasteiger partial charge in [-0.05, 0) is 41.7 Å². The minimum absolute atomic E-state index is 0.507. The van der Waals surface area contributed by atoms with Crippen molar-refractivity contribution in [2.24, 2.45) is 5.92 Å². The molecule has 1 fully saturated rings. The van der Waals surface area contributed by atoms with Crippen LogP contribution in [0, 0.1) is 5.92 Å². The second-order valence-corrected chi connectivity index (χ2v) is 5.57. The molecular weight excluding hydrogens is 180 g/mol. The molecule has 0 nitrogen and oxygen atoms in total. The largest absolute Gasteiger partial charge is 0.0620 e. The molecule has 0 heteroatoms. The van der Waals surface area contributed by atoms with E-state index in [0.29, 0.717) is 5.41 Å². The van der Waals surface area contributed by atoms with E-state index in [1.807, 2.05) is 0 Å². The monoisotopic (exact) mass is 200 g/mol. The van der Waals surface area contributed by atoms with Gasteiger partial charge in [-0.2, -0.15) is 0 Å². The van der Waals surface area contributed by atoms with E-state index in [-0.39, 0.29) is 0 Å². The maximum atomic E-state index is 2.51. The average molecular weight is 200 g/mol. The molecule has 3 rings (SSSR count). The van der Waals surface area contributed by atoms with Gasteiger partial charge in [-0.25, -0.2) is 0 Å². The van der Waals surface area contributed by atoms with E-state index in [9.17, 15) is 0 Å². The van der Waals surface area contributed by atoms with Crippen molar-refractivity contribution in [3.8, 4) is 0 Å². The fourth-order valence-corrected chi connectivity index (χ4v) is 3.79. The highest BCUT2D eigenvalue weighted by Crippen LogP contribution is 2.49. The zero-order valence-electron chi connectivity index (χ0n) is 9.63. The van der Waals surface area contributed by atoms with Crippen molar-refractivity contribution in [1.82, 2.24) is 0 Å². The van der Waals surface area contributed by atoms with Crippen LogP contribution in [0.2, 0.25) is 0 Å². The quantitative estimate of drug-likeness (QED) is 0.592. The van der Waals surface area contributed by atoms with Gasteiger partial charge in [0.25, 0.3) is 0 Å². The Morgan fingerprint density at radius 2 is 2.00 bits per heavy atom. The number of fused-ring (bicyclic) bond motifs is 3. The highest BCUT2D eigenvalue weighted by atomic mass is 14.5. The predicted molar refractivity (Wildman–Crippen MR) is 64.1 cm³/mol. The van der Waals surface area contributed by atoms with Gasteiger partial charge in [0.2, 0.25) is 0 Å². The smallest absolute Gasteiger partial charge is 0.00411 e. The molecule has 1 saturated carbocycles. The molecule has 0 heterocycles. The van der Waals surface area contributed by atoms with Crippen molar-refractivity contribution >= 4 is 0 Å². The summed E-state index contributed by atoms with van der Waals surface area (Å²) in [6.07, 6.45) is 8.54. The van der Waals surface area contributed by atoms with Crippen molar-refractivity contribution in [2.45, 2.75) is 50.9 Å². The summed E-state index contributed by atoms with van der Waals surface area (Å²) in [4.78, 5) is 0. The zero-order valence-corrected chi connectivity index (χ0v) is 9.63. The van der Waals surface area contributed by atoms with Crippen LogP contribution in [-0.2, 0) is 11.8 Å². The highest BCUT2D eigenvalue weighted by Gasteiger charge is 2.42. The van der Waals surface area contributed by atoms with Gasteiger partial charge in [-0.1, -0.05) is 50.5 Å². The Bertz CT molecular complexity index is 366. The summed E-state index contributed by atoms with van der Waals surface area (Å²) in [5, 5.41) is 0. The molecule has 0 bridgehead atoms. The normalized spacial score (nSPS) is 34.3. The standard InChI is InChI=1S/C15H20/c1-15-10-6-2-3-8-13(15)11-12-7-4-5-9-14(12)15/h4-5,7,9,13H,2-3,6,8,10-11H2,1H3/t13-,15-/m1/s1. The highest BCUT2D eigenvalue weighted by molar-refractivity contribution is 5.40. The molecule has 2 atom stereocenters. The van der Waals surface area contributed by atoms with E-state index in [2.05, 4.69) is 31.2 Å². The van der Waals surface area contributed by atoms with Crippen molar-refractivity contribution in [3.63, 3.8) is 0 Å². The number of hydrogen-bond acceptors (Lipinski definition) is 0. The molecule has 2 aliphatic carbocycles. The molecule has 0 aliphatic heterocycles. The summed E-state index contributed by atoms with van der Waals surface area (Å²) in [6, 6.07) is 9.14. The SMILES string of the molecule is C[C@@]12CCCCC[C@@H]1Cc1ccccc12. The molecule has 0 aromatic heterocycles. The molecule has 2 aliphatic rings. The van der Waals surface area contributed by atoms with E-state index in [4.69, 9.17) is 0 Å². The van der Waals surface area contributed by atoms with Gasteiger partial charge >= 0.3 is 0 Å². The fraction of sp³-hybridized carbons (Fsp3) is 0.600. The van der Waals surface area contributed by atoms with Crippen LogP contribution >= 0.6 is 0 Å². The Labute approximate surface area is 92.7 Å². The van der Waals surface area contributed by atoms with Gasteiger partial charge in [0, 0.05) is 0 Å². The molecule has 1 aromatic rings. The first kappa shape index (κ1) is 9.45. The van der Waals surface area contributed by atoms with Crippen LogP contribution in [0.5, 0.6) is 0 Å². The molecule has 0 amide bonds. The van der Waals surface area contributed by atoms with Crippen molar-refractivity contribution < 1.29 is 0 Å². The van der Waals surface area contributed by atoms with Crippen molar-refractivity contribution in [1.29, 1.82) is 0 Å². The van der Waals surface area contributed by atoms with Crippen LogP contribution in [-0.4, -0.2) is 0 Å². The Balaban J connectivity index is 2.06. The first-order chi connectivity index (χ1) is 7.31. The summed E-state index contributed by atoms with van der Waals surface area (Å²) in [5.74, 6) is 0.928. The topological polar surface area (TPSA) is 0 Å². The molecule has 0 saturated heterocycles. The van der Waals surface area contributed by atoms with Gasteiger partial charge in [0.1, 0.15) is 0 Å². The third-order valence-corrected chi connectivity index (χ3v) is 4.75. The van der Waals surface area contributed by atoms with Gasteiger partial charge < -0.3 is 0 Å². The van der Waals surface area contributed by atoms with Crippen LogP contribution < -0.4 is 0 Å². The van der Waals surface area contributed by atoms with Gasteiger partial charge in [-0.15, -0.1) is 0 Å².